The zero-order valence-corrected chi connectivity index (χ0v) is 11.3. The summed E-state index contributed by atoms with van der Waals surface area (Å²) in [7, 11) is 0. The lowest BCUT2D eigenvalue weighted by Crippen LogP contribution is -2.14. The first kappa shape index (κ1) is 13.9. The summed E-state index contributed by atoms with van der Waals surface area (Å²) in [6, 6.07) is 10.4. The van der Waals surface area contributed by atoms with Gasteiger partial charge in [-0.05, 0) is 36.8 Å². The Morgan fingerprint density at radius 3 is 2.95 bits per heavy atom. The van der Waals surface area contributed by atoms with Crippen molar-refractivity contribution in [3.63, 3.8) is 0 Å². The Morgan fingerprint density at radius 1 is 1.35 bits per heavy atom. The first-order valence-electron chi connectivity index (χ1n) is 6.45. The van der Waals surface area contributed by atoms with E-state index in [-0.39, 0.29) is 5.91 Å². The average molecular weight is 271 g/mol. The molecule has 3 N–H and O–H groups in total. The van der Waals surface area contributed by atoms with Crippen LogP contribution in [-0.2, 0) is 0 Å². The Balaban J connectivity index is 2.11. The number of pyridine rings is 1. The molecular weight excluding hydrogens is 254 g/mol. The van der Waals surface area contributed by atoms with Crippen molar-refractivity contribution >= 4 is 17.4 Å². The lowest BCUT2D eigenvalue weighted by atomic mass is 10.2. The molecule has 0 saturated carbocycles. The highest BCUT2D eigenvalue weighted by atomic mass is 16.5. The van der Waals surface area contributed by atoms with Crippen LogP contribution in [0.3, 0.4) is 0 Å². The maximum atomic E-state index is 12.1. The molecule has 0 saturated heterocycles. The second kappa shape index (κ2) is 6.56. The highest BCUT2D eigenvalue weighted by Crippen LogP contribution is 2.17. The minimum atomic E-state index is -0.266. The molecule has 0 bridgehead atoms. The maximum Gasteiger partial charge on any atom is 0.257 e. The van der Waals surface area contributed by atoms with Crippen LogP contribution < -0.4 is 15.8 Å². The van der Waals surface area contributed by atoms with Crippen LogP contribution in [0, 0.1) is 0 Å². The predicted molar refractivity (Wildman–Crippen MR) is 78.8 cm³/mol. The number of amides is 1. The van der Waals surface area contributed by atoms with Crippen molar-refractivity contribution in [1.29, 1.82) is 0 Å². The monoisotopic (exact) mass is 271 g/mol. The molecule has 1 aromatic heterocycles. The number of ether oxygens (including phenoxy) is 1. The highest BCUT2D eigenvalue weighted by Gasteiger charge is 2.09. The molecule has 0 atom stereocenters. The van der Waals surface area contributed by atoms with Gasteiger partial charge in [0.05, 0.1) is 12.3 Å². The van der Waals surface area contributed by atoms with Gasteiger partial charge in [-0.2, -0.15) is 0 Å². The van der Waals surface area contributed by atoms with Crippen molar-refractivity contribution in [2.24, 2.45) is 0 Å². The van der Waals surface area contributed by atoms with Crippen molar-refractivity contribution in [2.75, 3.05) is 17.7 Å². The number of hydrogen-bond donors (Lipinski definition) is 2. The van der Waals surface area contributed by atoms with Gasteiger partial charge >= 0.3 is 0 Å². The summed E-state index contributed by atoms with van der Waals surface area (Å²) < 4.78 is 5.50. The lowest BCUT2D eigenvalue weighted by molar-refractivity contribution is 0.102. The molecule has 0 aliphatic carbocycles. The zero-order chi connectivity index (χ0) is 14.4. The smallest absolute Gasteiger partial charge is 0.257 e. The second-order valence-corrected chi connectivity index (χ2v) is 4.27. The van der Waals surface area contributed by atoms with E-state index in [0.29, 0.717) is 29.4 Å². The molecule has 1 aromatic carbocycles. The van der Waals surface area contributed by atoms with Gasteiger partial charge in [0.15, 0.2) is 5.82 Å². The van der Waals surface area contributed by atoms with E-state index in [1.807, 2.05) is 13.0 Å². The van der Waals surface area contributed by atoms with E-state index < -0.39 is 0 Å². The van der Waals surface area contributed by atoms with Crippen molar-refractivity contribution in [2.45, 2.75) is 13.3 Å². The molecule has 0 aliphatic heterocycles. The van der Waals surface area contributed by atoms with Gasteiger partial charge in [0.2, 0.25) is 0 Å². The number of nitrogens with two attached hydrogens (primary N) is 1. The zero-order valence-electron chi connectivity index (χ0n) is 11.3. The maximum absolute atomic E-state index is 12.1. The quantitative estimate of drug-likeness (QED) is 0.876. The van der Waals surface area contributed by atoms with Gasteiger partial charge in [0.25, 0.3) is 5.91 Å². The normalized spacial score (nSPS) is 10.1. The standard InChI is InChI=1S/C15H17N3O2/c1-2-9-20-12-6-3-5-11(10-12)15(19)18-14-13(16)7-4-8-17-14/h3-8,10H,2,9,16H2,1H3,(H,17,18,19). The molecular formula is C15H17N3O2. The van der Waals surface area contributed by atoms with E-state index in [0.717, 1.165) is 6.42 Å². The van der Waals surface area contributed by atoms with Crippen LogP contribution in [-0.4, -0.2) is 17.5 Å². The molecule has 2 aromatic rings. The van der Waals surface area contributed by atoms with Crippen molar-refractivity contribution in [3.05, 3.63) is 48.2 Å². The van der Waals surface area contributed by atoms with E-state index in [9.17, 15) is 4.79 Å². The lowest BCUT2D eigenvalue weighted by Gasteiger charge is -2.08. The Labute approximate surface area is 117 Å². The first-order valence-corrected chi connectivity index (χ1v) is 6.45. The van der Waals surface area contributed by atoms with E-state index in [2.05, 4.69) is 10.3 Å². The largest absolute Gasteiger partial charge is 0.494 e. The van der Waals surface area contributed by atoms with Gasteiger partial charge in [0.1, 0.15) is 5.75 Å². The molecule has 20 heavy (non-hydrogen) atoms. The highest BCUT2D eigenvalue weighted by molar-refractivity contribution is 6.05. The van der Waals surface area contributed by atoms with Gasteiger partial charge in [-0.25, -0.2) is 4.98 Å². The van der Waals surface area contributed by atoms with Gasteiger partial charge < -0.3 is 15.8 Å². The molecule has 1 amide bonds. The van der Waals surface area contributed by atoms with Gasteiger partial charge in [-0.3, -0.25) is 4.79 Å². The number of rotatable bonds is 5. The summed E-state index contributed by atoms with van der Waals surface area (Å²) in [6.07, 6.45) is 2.49. The summed E-state index contributed by atoms with van der Waals surface area (Å²) in [5, 5.41) is 2.68. The number of nitrogens with one attached hydrogen (secondary N) is 1. The number of benzene rings is 1. The van der Waals surface area contributed by atoms with Crippen LogP contribution in [0.1, 0.15) is 23.7 Å². The predicted octanol–water partition coefficient (Wildman–Crippen LogP) is 2.70. The Bertz CT molecular complexity index is 599. The number of anilines is 2. The Morgan fingerprint density at radius 2 is 2.20 bits per heavy atom. The molecule has 0 radical (unpaired) electrons. The van der Waals surface area contributed by atoms with Crippen molar-refractivity contribution in [1.82, 2.24) is 4.98 Å². The summed E-state index contributed by atoms with van der Waals surface area (Å²) in [4.78, 5) is 16.2. The van der Waals surface area contributed by atoms with Crippen LogP contribution in [0.5, 0.6) is 5.75 Å². The third kappa shape index (κ3) is 3.47. The summed E-state index contributed by atoms with van der Waals surface area (Å²) in [6.45, 7) is 2.65. The first-order chi connectivity index (χ1) is 9.70. The van der Waals surface area contributed by atoms with E-state index in [1.54, 1.807) is 36.5 Å². The molecule has 0 spiro atoms. The number of hydrogen-bond acceptors (Lipinski definition) is 4. The average Bonchev–Trinajstić information content (AvgIpc) is 2.48. The Hall–Kier alpha value is -2.56. The number of nitrogens with zero attached hydrogens (tertiary/aromatic N) is 1. The fourth-order valence-corrected chi connectivity index (χ4v) is 1.65. The molecule has 5 heteroatoms. The summed E-state index contributed by atoms with van der Waals surface area (Å²) in [5.74, 6) is 0.767. The van der Waals surface area contributed by atoms with Crippen LogP contribution in [0.15, 0.2) is 42.6 Å². The van der Waals surface area contributed by atoms with Gasteiger partial charge in [-0.1, -0.05) is 13.0 Å². The third-order valence-corrected chi connectivity index (χ3v) is 2.64. The van der Waals surface area contributed by atoms with Crippen molar-refractivity contribution < 1.29 is 9.53 Å². The SMILES string of the molecule is CCCOc1cccc(C(=O)Nc2ncccc2N)c1. The number of carbonyl (C=O) groups excluding carboxylic acids is 1. The Kier molecular flexibility index (Phi) is 4.55. The molecule has 2 rings (SSSR count). The summed E-state index contributed by atoms with van der Waals surface area (Å²) in [5.41, 5.74) is 6.67. The number of carbonyl (C=O) groups is 1. The molecule has 104 valence electrons. The minimum absolute atomic E-state index is 0.266. The molecule has 5 nitrogen and oxygen atoms in total. The molecule has 0 unspecified atom stereocenters. The molecule has 0 aliphatic rings. The fraction of sp³-hybridized carbons (Fsp3) is 0.200. The molecule has 1 heterocycles. The number of aromatic nitrogens is 1. The van der Waals surface area contributed by atoms with Crippen LogP contribution in [0.25, 0.3) is 0 Å². The van der Waals surface area contributed by atoms with Gasteiger partial charge in [-0.15, -0.1) is 0 Å². The van der Waals surface area contributed by atoms with Crippen LogP contribution in [0.4, 0.5) is 11.5 Å². The van der Waals surface area contributed by atoms with E-state index in [4.69, 9.17) is 10.5 Å². The van der Waals surface area contributed by atoms with E-state index >= 15 is 0 Å². The topological polar surface area (TPSA) is 77.2 Å². The fourth-order valence-electron chi connectivity index (χ4n) is 1.65. The van der Waals surface area contributed by atoms with Crippen LogP contribution >= 0.6 is 0 Å². The van der Waals surface area contributed by atoms with E-state index in [1.165, 1.54) is 0 Å². The minimum Gasteiger partial charge on any atom is -0.494 e. The van der Waals surface area contributed by atoms with Crippen molar-refractivity contribution in [3.8, 4) is 5.75 Å². The van der Waals surface area contributed by atoms with Crippen LogP contribution in [0.2, 0.25) is 0 Å². The molecule has 0 fully saturated rings. The van der Waals surface area contributed by atoms with Gasteiger partial charge in [0, 0.05) is 11.8 Å². The third-order valence-electron chi connectivity index (χ3n) is 2.64. The second-order valence-electron chi connectivity index (χ2n) is 4.27. The summed E-state index contributed by atoms with van der Waals surface area (Å²) >= 11 is 0. The number of nitrogen functional groups attached to an aromatic ring is 1.